The minimum Gasteiger partial charge on any atom is -0.480 e. The summed E-state index contributed by atoms with van der Waals surface area (Å²) in [6, 6.07) is -1.15. The van der Waals surface area contributed by atoms with Crippen molar-refractivity contribution in [2.24, 2.45) is 0 Å². The average molecular weight is 289 g/mol. The lowest BCUT2D eigenvalue weighted by Crippen LogP contribution is -2.43. The van der Waals surface area contributed by atoms with Crippen LogP contribution in [0.2, 0.25) is 0 Å². The van der Waals surface area contributed by atoms with Crippen molar-refractivity contribution in [3.05, 3.63) is 12.7 Å². The van der Waals surface area contributed by atoms with Gasteiger partial charge in [-0.05, 0) is 46.5 Å². The molecule has 0 aromatic rings. The zero-order valence-corrected chi connectivity index (χ0v) is 12.3. The van der Waals surface area contributed by atoms with Crippen molar-refractivity contribution in [2.45, 2.75) is 64.3 Å². The standard InChI is InChI=1S/C14H24FNO4/c1-5-6-7-10(15)8-9-11(12(17)18)16-13(19)20-14(2,3)4/h5,10-11H,1,6-9H2,2-4H3,(H,16,19)(H,17,18). The second-order valence-electron chi connectivity index (χ2n) is 5.58. The van der Waals surface area contributed by atoms with Crippen molar-refractivity contribution in [3.63, 3.8) is 0 Å². The molecule has 6 heteroatoms. The molecule has 5 nitrogen and oxygen atoms in total. The van der Waals surface area contributed by atoms with E-state index in [4.69, 9.17) is 9.84 Å². The average Bonchev–Trinajstić information content (AvgIpc) is 2.29. The van der Waals surface area contributed by atoms with E-state index in [0.29, 0.717) is 12.8 Å². The van der Waals surface area contributed by atoms with Gasteiger partial charge in [0, 0.05) is 0 Å². The highest BCUT2D eigenvalue weighted by Crippen LogP contribution is 2.12. The summed E-state index contributed by atoms with van der Waals surface area (Å²) in [4.78, 5) is 22.5. The minimum atomic E-state index is -1.20. The normalized spacial score (nSPS) is 14.2. The number of hydrogen-bond donors (Lipinski definition) is 2. The molecular formula is C14H24FNO4. The lowest BCUT2D eigenvalue weighted by molar-refractivity contribution is -0.139. The van der Waals surface area contributed by atoms with Crippen LogP contribution in [0.25, 0.3) is 0 Å². The summed E-state index contributed by atoms with van der Waals surface area (Å²) in [6.45, 7) is 8.52. The number of alkyl carbamates (subject to hydrolysis) is 1. The SMILES string of the molecule is C=CCCC(F)CCC(NC(=O)OC(C)(C)C)C(=O)O. The van der Waals surface area contributed by atoms with E-state index in [0.717, 1.165) is 0 Å². The number of nitrogens with one attached hydrogen (secondary N) is 1. The molecule has 2 unspecified atom stereocenters. The van der Waals surface area contributed by atoms with Crippen molar-refractivity contribution in [1.29, 1.82) is 0 Å². The maximum Gasteiger partial charge on any atom is 0.408 e. The topological polar surface area (TPSA) is 75.6 Å². The lowest BCUT2D eigenvalue weighted by atomic mass is 10.1. The van der Waals surface area contributed by atoms with Crippen molar-refractivity contribution >= 4 is 12.1 Å². The smallest absolute Gasteiger partial charge is 0.408 e. The van der Waals surface area contributed by atoms with E-state index in [1.807, 2.05) is 0 Å². The molecule has 0 fully saturated rings. The summed E-state index contributed by atoms with van der Waals surface area (Å²) in [6.07, 6.45) is 0.635. The summed E-state index contributed by atoms with van der Waals surface area (Å²) in [5.74, 6) is -1.20. The van der Waals surface area contributed by atoms with Crippen LogP contribution in [0.15, 0.2) is 12.7 Å². The molecule has 0 saturated heterocycles. The number of rotatable bonds is 8. The minimum absolute atomic E-state index is 0.0207. The van der Waals surface area contributed by atoms with E-state index < -0.39 is 29.9 Å². The van der Waals surface area contributed by atoms with Gasteiger partial charge in [-0.25, -0.2) is 14.0 Å². The zero-order chi connectivity index (χ0) is 15.8. The Morgan fingerprint density at radius 1 is 1.35 bits per heavy atom. The summed E-state index contributed by atoms with van der Waals surface area (Å²) < 4.78 is 18.4. The number of carbonyl (C=O) groups excluding carboxylic acids is 1. The molecule has 2 atom stereocenters. The summed E-state index contributed by atoms with van der Waals surface area (Å²) in [5, 5.41) is 11.2. The highest BCUT2D eigenvalue weighted by Gasteiger charge is 2.24. The molecule has 116 valence electrons. The van der Waals surface area contributed by atoms with Gasteiger partial charge in [0.15, 0.2) is 0 Å². The third-order valence-corrected chi connectivity index (χ3v) is 2.44. The molecule has 20 heavy (non-hydrogen) atoms. The molecule has 0 aliphatic rings. The van der Waals surface area contributed by atoms with E-state index in [9.17, 15) is 14.0 Å². The molecule has 0 aliphatic heterocycles. The number of allylic oxidation sites excluding steroid dienone is 1. The van der Waals surface area contributed by atoms with Gasteiger partial charge in [-0.1, -0.05) is 6.08 Å². The monoisotopic (exact) mass is 289 g/mol. The molecule has 1 amide bonds. The van der Waals surface area contributed by atoms with Crippen molar-refractivity contribution < 1.29 is 23.8 Å². The van der Waals surface area contributed by atoms with Crippen LogP contribution in [0.4, 0.5) is 9.18 Å². The van der Waals surface area contributed by atoms with Crippen LogP contribution in [0.5, 0.6) is 0 Å². The summed E-state index contributed by atoms with van der Waals surface area (Å²) >= 11 is 0. The summed E-state index contributed by atoms with van der Waals surface area (Å²) in [7, 11) is 0. The van der Waals surface area contributed by atoms with E-state index in [1.165, 1.54) is 0 Å². The Morgan fingerprint density at radius 2 is 1.95 bits per heavy atom. The molecule has 0 aromatic carbocycles. The largest absolute Gasteiger partial charge is 0.480 e. The van der Waals surface area contributed by atoms with E-state index in [1.54, 1.807) is 26.8 Å². The molecular weight excluding hydrogens is 265 g/mol. The molecule has 0 radical (unpaired) electrons. The van der Waals surface area contributed by atoms with Crippen molar-refractivity contribution in [3.8, 4) is 0 Å². The van der Waals surface area contributed by atoms with Crippen LogP contribution in [0, 0.1) is 0 Å². The second-order valence-corrected chi connectivity index (χ2v) is 5.58. The van der Waals surface area contributed by atoms with Crippen molar-refractivity contribution in [1.82, 2.24) is 5.32 Å². The molecule has 0 rings (SSSR count). The molecule has 0 bridgehead atoms. The Morgan fingerprint density at radius 3 is 2.40 bits per heavy atom. The highest BCUT2D eigenvalue weighted by molar-refractivity contribution is 5.79. The first-order chi connectivity index (χ1) is 9.15. The van der Waals surface area contributed by atoms with E-state index in [-0.39, 0.29) is 12.8 Å². The third-order valence-electron chi connectivity index (χ3n) is 2.44. The molecule has 0 saturated carbocycles. The van der Waals surface area contributed by atoms with E-state index in [2.05, 4.69) is 11.9 Å². The lowest BCUT2D eigenvalue weighted by Gasteiger charge is -2.22. The Labute approximate surface area is 119 Å². The van der Waals surface area contributed by atoms with Gasteiger partial charge in [-0.2, -0.15) is 0 Å². The number of ether oxygens (including phenoxy) is 1. The number of halogens is 1. The fourth-order valence-electron chi connectivity index (χ4n) is 1.50. The fraction of sp³-hybridized carbons (Fsp3) is 0.714. The Kier molecular flexibility index (Phi) is 7.87. The number of aliphatic carboxylic acids is 1. The predicted molar refractivity (Wildman–Crippen MR) is 74.4 cm³/mol. The highest BCUT2D eigenvalue weighted by atomic mass is 19.1. The molecule has 0 spiro atoms. The van der Waals surface area contributed by atoms with Gasteiger partial charge in [-0.15, -0.1) is 6.58 Å². The van der Waals surface area contributed by atoms with E-state index >= 15 is 0 Å². The van der Waals surface area contributed by atoms with Gasteiger partial charge in [-0.3, -0.25) is 0 Å². The van der Waals surface area contributed by atoms with Crippen LogP contribution in [0.3, 0.4) is 0 Å². The first-order valence-electron chi connectivity index (χ1n) is 6.63. The Hall–Kier alpha value is -1.59. The van der Waals surface area contributed by atoms with Crippen LogP contribution < -0.4 is 5.32 Å². The van der Waals surface area contributed by atoms with Gasteiger partial charge < -0.3 is 15.2 Å². The van der Waals surface area contributed by atoms with Crippen molar-refractivity contribution in [2.75, 3.05) is 0 Å². The van der Waals surface area contributed by atoms with Crippen LogP contribution in [0.1, 0.15) is 46.5 Å². The number of hydrogen-bond acceptors (Lipinski definition) is 3. The number of amides is 1. The Balaban J connectivity index is 4.27. The van der Waals surface area contributed by atoms with Gasteiger partial charge in [0.25, 0.3) is 0 Å². The molecule has 0 heterocycles. The third kappa shape index (κ3) is 9.35. The number of carboxylic acid groups (broad SMARTS) is 1. The quantitative estimate of drug-likeness (QED) is 0.673. The molecule has 0 aliphatic carbocycles. The number of alkyl halides is 1. The number of carbonyl (C=O) groups is 2. The van der Waals surface area contributed by atoms with Crippen LogP contribution in [-0.2, 0) is 9.53 Å². The maximum absolute atomic E-state index is 13.4. The van der Waals surface area contributed by atoms with Crippen LogP contribution >= 0.6 is 0 Å². The van der Waals surface area contributed by atoms with Crippen LogP contribution in [-0.4, -0.2) is 35.0 Å². The Bertz CT molecular complexity index is 339. The second kappa shape index (κ2) is 8.55. The first kappa shape index (κ1) is 18.4. The fourth-order valence-corrected chi connectivity index (χ4v) is 1.50. The van der Waals surface area contributed by atoms with Gasteiger partial charge in [0.2, 0.25) is 0 Å². The zero-order valence-electron chi connectivity index (χ0n) is 12.3. The summed E-state index contributed by atoms with van der Waals surface area (Å²) in [5.41, 5.74) is -0.709. The van der Waals surface area contributed by atoms with Gasteiger partial charge >= 0.3 is 12.1 Å². The molecule has 2 N–H and O–H groups in total. The first-order valence-corrected chi connectivity index (χ1v) is 6.63. The predicted octanol–water partition coefficient (Wildman–Crippen LogP) is 3.05. The number of carboxylic acids is 1. The van der Waals surface area contributed by atoms with Gasteiger partial charge in [0.1, 0.15) is 17.8 Å². The maximum atomic E-state index is 13.4. The molecule has 0 aromatic heterocycles. The van der Waals surface area contributed by atoms with Gasteiger partial charge in [0.05, 0.1) is 0 Å².